The Kier molecular flexibility index (Phi) is 5.52. The Bertz CT molecular complexity index is 382. The summed E-state index contributed by atoms with van der Waals surface area (Å²) in [6.45, 7) is 3.07. The first kappa shape index (κ1) is 15.1. The molecule has 3 nitrogen and oxygen atoms in total. The lowest BCUT2D eigenvalue weighted by molar-refractivity contribution is 0.217. The van der Waals surface area contributed by atoms with Crippen LogP contribution in [0.3, 0.4) is 0 Å². The molecule has 0 aliphatic heterocycles. The van der Waals surface area contributed by atoms with Crippen molar-refractivity contribution in [3.05, 3.63) is 12.2 Å². The van der Waals surface area contributed by atoms with E-state index >= 15 is 0 Å². The third-order valence-electron chi connectivity index (χ3n) is 4.39. The molecule has 0 bridgehead atoms. The van der Waals surface area contributed by atoms with Gasteiger partial charge in [0.1, 0.15) is 12.2 Å². The minimum Gasteiger partial charge on any atom is -0.250 e. The molecule has 1 saturated carbocycles. The Labute approximate surface area is 125 Å². The van der Waals surface area contributed by atoms with Gasteiger partial charge in [0.05, 0.1) is 0 Å². The molecule has 1 aliphatic carbocycles. The predicted molar refractivity (Wildman–Crippen MR) is 79.8 cm³/mol. The van der Waals surface area contributed by atoms with Gasteiger partial charge in [-0.05, 0) is 25.2 Å². The summed E-state index contributed by atoms with van der Waals surface area (Å²) in [5, 5.41) is 4.30. The number of nitrogens with zero attached hydrogens (tertiary/aromatic N) is 3. The van der Waals surface area contributed by atoms with Crippen LogP contribution >= 0.6 is 23.2 Å². The first-order valence-electron chi connectivity index (χ1n) is 7.24. The third kappa shape index (κ3) is 3.25. The van der Waals surface area contributed by atoms with E-state index in [2.05, 4.69) is 17.0 Å². The molecule has 0 radical (unpaired) electrons. The van der Waals surface area contributed by atoms with Crippen LogP contribution in [0, 0.1) is 11.3 Å². The van der Waals surface area contributed by atoms with Crippen LogP contribution in [0.15, 0.2) is 6.33 Å². The van der Waals surface area contributed by atoms with Crippen LogP contribution < -0.4 is 0 Å². The van der Waals surface area contributed by atoms with Crippen LogP contribution in [0.2, 0.25) is 0 Å². The van der Waals surface area contributed by atoms with Crippen LogP contribution in [0.5, 0.6) is 0 Å². The molecule has 0 N–H and O–H groups in total. The maximum atomic E-state index is 6.31. The van der Waals surface area contributed by atoms with Gasteiger partial charge in [-0.2, -0.15) is 5.10 Å². The van der Waals surface area contributed by atoms with Crippen LogP contribution in [0.25, 0.3) is 0 Å². The van der Waals surface area contributed by atoms with Gasteiger partial charge in [0.25, 0.3) is 0 Å². The van der Waals surface area contributed by atoms with E-state index in [0.717, 1.165) is 25.2 Å². The second kappa shape index (κ2) is 6.94. The van der Waals surface area contributed by atoms with Crippen molar-refractivity contribution in [1.82, 2.24) is 14.8 Å². The Morgan fingerprint density at radius 3 is 2.58 bits per heavy atom. The molecule has 1 aromatic rings. The normalized spacial score (nSPS) is 17.2. The average Bonchev–Trinajstić information content (AvgIpc) is 3.09. The molecule has 1 aliphatic rings. The van der Waals surface area contributed by atoms with E-state index < -0.39 is 0 Å². The Morgan fingerprint density at radius 1 is 1.32 bits per heavy atom. The van der Waals surface area contributed by atoms with E-state index in [1.165, 1.54) is 25.7 Å². The molecule has 1 fully saturated rings. The molecule has 19 heavy (non-hydrogen) atoms. The maximum Gasteiger partial charge on any atom is 0.138 e. The molecule has 0 spiro atoms. The number of hydrogen-bond acceptors (Lipinski definition) is 2. The van der Waals surface area contributed by atoms with Crippen LogP contribution in [-0.4, -0.2) is 26.5 Å². The highest BCUT2D eigenvalue weighted by Crippen LogP contribution is 2.43. The summed E-state index contributed by atoms with van der Waals surface area (Å²) in [5.74, 6) is 2.89. The number of aryl methyl sites for hydroxylation is 1. The molecule has 5 heteroatoms. The largest absolute Gasteiger partial charge is 0.250 e. The zero-order chi connectivity index (χ0) is 13.7. The molecule has 2 rings (SSSR count). The predicted octanol–water partition coefficient (Wildman–Crippen LogP) is 3.88. The monoisotopic (exact) mass is 303 g/mol. The molecule has 0 unspecified atom stereocenters. The number of alkyl halides is 2. The minimum atomic E-state index is -0.0157. The van der Waals surface area contributed by atoms with Gasteiger partial charge in [-0.3, -0.25) is 4.68 Å². The lowest BCUT2D eigenvalue weighted by Gasteiger charge is -2.35. The fourth-order valence-electron chi connectivity index (χ4n) is 3.17. The lowest BCUT2D eigenvalue weighted by Crippen LogP contribution is -2.36. The van der Waals surface area contributed by atoms with Gasteiger partial charge >= 0.3 is 0 Å². The molecule has 1 heterocycles. The zero-order valence-electron chi connectivity index (χ0n) is 11.6. The first-order valence-corrected chi connectivity index (χ1v) is 8.31. The summed E-state index contributed by atoms with van der Waals surface area (Å²) in [5.41, 5.74) is -0.0157. The standard InChI is InChI=1S/C14H23Cl2N3/c1-2-7-19-13(17-11-18-19)8-14(9-15,10-16)12-5-3-4-6-12/h11-12H,2-10H2,1H3. The molecular weight excluding hydrogens is 281 g/mol. The minimum absolute atomic E-state index is 0.0157. The van der Waals surface area contributed by atoms with E-state index in [9.17, 15) is 0 Å². The van der Waals surface area contributed by atoms with Gasteiger partial charge in [-0.1, -0.05) is 19.8 Å². The maximum absolute atomic E-state index is 6.31. The molecule has 0 aromatic carbocycles. The lowest BCUT2D eigenvalue weighted by atomic mass is 9.74. The van der Waals surface area contributed by atoms with Gasteiger partial charge in [0, 0.05) is 30.1 Å². The first-order chi connectivity index (χ1) is 9.25. The Hall–Kier alpha value is -0.280. The third-order valence-corrected chi connectivity index (χ3v) is 5.46. The van der Waals surface area contributed by atoms with Crippen molar-refractivity contribution in [1.29, 1.82) is 0 Å². The fraction of sp³-hybridized carbons (Fsp3) is 0.857. The van der Waals surface area contributed by atoms with E-state index in [1.807, 2.05) is 4.68 Å². The van der Waals surface area contributed by atoms with Crippen LogP contribution in [0.4, 0.5) is 0 Å². The fourth-order valence-corrected chi connectivity index (χ4v) is 4.08. The summed E-state index contributed by atoms with van der Waals surface area (Å²) < 4.78 is 2.00. The highest BCUT2D eigenvalue weighted by atomic mass is 35.5. The summed E-state index contributed by atoms with van der Waals surface area (Å²) in [4.78, 5) is 4.42. The summed E-state index contributed by atoms with van der Waals surface area (Å²) in [6, 6.07) is 0. The Balaban J connectivity index is 2.17. The van der Waals surface area contributed by atoms with Crippen LogP contribution in [-0.2, 0) is 13.0 Å². The van der Waals surface area contributed by atoms with Gasteiger partial charge in [0.2, 0.25) is 0 Å². The molecule has 0 atom stereocenters. The van der Waals surface area contributed by atoms with Crippen molar-refractivity contribution in [2.45, 2.75) is 52.0 Å². The Morgan fingerprint density at radius 2 is 2.00 bits per heavy atom. The zero-order valence-corrected chi connectivity index (χ0v) is 13.1. The SMILES string of the molecule is CCCn1ncnc1CC(CCl)(CCl)C1CCCC1. The number of hydrogen-bond donors (Lipinski definition) is 0. The molecular formula is C14H23Cl2N3. The average molecular weight is 304 g/mol. The molecule has 0 saturated heterocycles. The van der Waals surface area contributed by atoms with Crippen molar-refractivity contribution in [2.75, 3.05) is 11.8 Å². The van der Waals surface area contributed by atoms with Gasteiger partial charge < -0.3 is 0 Å². The van der Waals surface area contributed by atoms with Gasteiger partial charge in [-0.15, -0.1) is 23.2 Å². The smallest absolute Gasteiger partial charge is 0.138 e. The summed E-state index contributed by atoms with van der Waals surface area (Å²) in [6.07, 6.45) is 8.68. The number of halogens is 2. The van der Waals surface area contributed by atoms with Crippen molar-refractivity contribution in [2.24, 2.45) is 11.3 Å². The molecule has 0 amide bonds. The van der Waals surface area contributed by atoms with Crippen molar-refractivity contribution < 1.29 is 0 Å². The van der Waals surface area contributed by atoms with E-state index in [1.54, 1.807) is 6.33 Å². The molecule has 1 aromatic heterocycles. The van der Waals surface area contributed by atoms with Gasteiger partial charge in [-0.25, -0.2) is 4.98 Å². The number of rotatable bonds is 7. The van der Waals surface area contributed by atoms with E-state index in [0.29, 0.717) is 17.7 Å². The van der Waals surface area contributed by atoms with Crippen molar-refractivity contribution in [3.8, 4) is 0 Å². The highest BCUT2D eigenvalue weighted by molar-refractivity contribution is 6.21. The van der Waals surface area contributed by atoms with Gasteiger partial charge in [0.15, 0.2) is 0 Å². The summed E-state index contributed by atoms with van der Waals surface area (Å²) in [7, 11) is 0. The van der Waals surface area contributed by atoms with E-state index in [4.69, 9.17) is 23.2 Å². The van der Waals surface area contributed by atoms with Crippen molar-refractivity contribution >= 4 is 23.2 Å². The second-order valence-electron chi connectivity index (χ2n) is 5.69. The van der Waals surface area contributed by atoms with E-state index in [-0.39, 0.29) is 5.41 Å². The van der Waals surface area contributed by atoms with Crippen LogP contribution in [0.1, 0.15) is 44.9 Å². The highest BCUT2D eigenvalue weighted by Gasteiger charge is 2.40. The second-order valence-corrected chi connectivity index (χ2v) is 6.22. The topological polar surface area (TPSA) is 30.7 Å². The number of aromatic nitrogens is 3. The summed E-state index contributed by atoms with van der Waals surface area (Å²) >= 11 is 12.6. The van der Waals surface area contributed by atoms with Crippen molar-refractivity contribution in [3.63, 3.8) is 0 Å². The molecule has 108 valence electrons. The quantitative estimate of drug-likeness (QED) is 0.716.